The first-order valence-corrected chi connectivity index (χ1v) is 7.28. The number of piperazine rings is 1. The summed E-state index contributed by atoms with van der Waals surface area (Å²) in [5.41, 5.74) is 0.509. The van der Waals surface area contributed by atoms with Gasteiger partial charge in [0.1, 0.15) is 23.1 Å². The van der Waals surface area contributed by atoms with Crippen molar-refractivity contribution in [3.8, 4) is 17.6 Å². The second kappa shape index (κ2) is 8.06. The summed E-state index contributed by atoms with van der Waals surface area (Å²) >= 11 is 0. The molecular weight excluding hydrogens is 296 g/mol. The van der Waals surface area contributed by atoms with E-state index in [0.29, 0.717) is 17.2 Å². The van der Waals surface area contributed by atoms with Gasteiger partial charge in [-0.25, -0.2) is 0 Å². The molecule has 7 heteroatoms. The molecule has 2 N–H and O–H groups in total. The molecule has 2 rings (SSSR count). The third-order valence-electron chi connectivity index (χ3n) is 3.48. The van der Waals surface area contributed by atoms with Gasteiger partial charge in [-0.3, -0.25) is 4.79 Å². The highest BCUT2D eigenvalue weighted by atomic mass is 16.5. The average molecular weight is 316 g/mol. The molecule has 23 heavy (non-hydrogen) atoms. The van der Waals surface area contributed by atoms with E-state index in [-0.39, 0.29) is 5.57 Å². The molecule has 0 spiro atoms. The van der Waals surface area contributed by atoms with Crippen molar-refractivity contribution in [2.75, 3.05) is 45.7 Å². The van der Waals surface area contributed by atoms with Gasteiger partial charge in [-0.2, -0.15) is 5.26 Å². The zero-order chi connectivity index (χ0) is 16.7. The van der Waals surface area contributed by atoms with E-state index in [4.69, 9.17) is 9.47 Å². The van der Waals surface area contributed by atoms with Gasteiger partial charge in [0.15, 0.2) is 0 Å². The molecule has 0 radical (unpaired) electrons. The number of benzene rings is 1. The van der Waals surface area contributed by atoms with Crippen molar-refractivity contribution >= 4 is 11.6 Å². The van der Waals surface area contributed by atoms with Crippen molar-refractivity contribution < 1.29 is 14.3 Å². The van der Waals surface area contributed by atoms with Crippen LogP contribution in [0.3, 0.4) is 0 Å². The molecule has 0 aromatic heterocycles. The molecule has 122 valence electrons. The second-order valence-corrected chi connectivity index (χ2v) is 4.96. The summed E-state index contributed by atoms with van der Waals surface area (Å²) in [6.07, 6.45) is 1.60. The van der Waals surface area contributed by atoms with Crippen LogP contribution in [0.4, 0.5) is 5.69 Å². The lowest BCUT2D eigenvalue weighted by Gasteiger charge is -2.26. The number of carbonyl (C=O) groups is 1. The van der Waals surface area contributed by atoms with Gasteiger partial charge in [0.2, 0.25) is 0 Å². The Morgan fingerprint density at radius 2 is 2.09 bits per heavy atom. The molecule has 7 nitrogen and oxygen atoms in total. The van der Waals surface area contributed by atoms with Crippen LogP contribution in [0.1, 0.15) is 0 Å². The topological polar surface area (TPSA) is 86.6 Å². The minimum atomic E-state index is -0.474. The molecule has 1 fully saturated rings. The van der Waals surface area contributed by atoms with Crippen LogP contribution in [0.25, 0.3) is 0 Å². The van der Waals surface area contributed by atoms with E-state index < -0.39 is 5.91 Å². The number of carbonyl (C=O) groups excluding carboxylic acids is 1. The minimum absolute atomic E-state index is 0.0526. The van der Waals surface area contributed by atoms with Crippen LogP contribution < -0.4 is 20.1 Å². The van der Waals surface area contributed by atoms with E-state index in [1.165, 1.54) is 7.11 Å². The number of amides is 1. The average Bonchev–Trinajstić information content (AvgIpc) is 2.60. The van der Waals surface area contributed by atoms with Gasteiger partial charge in [-0.05, 0) is 12.1 Å². The molecule has 0 atom stereocenters. The van der Waals surface area contributed by atoms with E-state index >= 15 is 0 Å². The lowest BCUT2D eigenvalue weighted by molar-refractivity contribution is -0.112. The standard InChI is InChI=1S/C16H20N4O3/c1-22-13-3-4-15(23-2)14(9-13)19-16(21)12(10-17)11-20-7-5-18-6-8-20/h3-4,9,11,18H,5-8H2,1-2H3,(H,19,21)/b12-11-. The normalized spacial score (nSPS) is 14.8. The molecule has 0 aliphatic carbocycles. The number of hydrogen-bond acceptors (Lipinski definition) is 6. The van der Waals surface area contributed by atoms with Gasteiger partial charge >= 0.3 is 0 Å². The Balaban J connectivity index is 2.16. The fraction of sp³-hybridized carbons (Fsp3) is 0.375. The summed E-state index contributed by atoms with van der Waals surface area (Å²) in [7, 11) is 3.05. The van der Waals surface area contributed by atoms with Gasteiger partial charge in [0.25, 0.3) is 5.91 Å². The largest absolute Gasteiger partial charge is 0.497 e. The number of rotatable bonds is 5. The molecule has 1 amide bonds. The molecule has 1 aromatic carbocycles. The maximum atomic E-state index is 12.3. The molecule has 1 aromatic rings. The third kappa shape index (κ3) is 4.37. The number of nitriles is 1. The lowest BCUT2D eigenvalue weighted by atomic mass is 10.2. The fourth-order valence-corrected chi connectivity index (χ4v) is 2.23. The van der Waals surface area contributed by atoms with Crippen LogP contribution in [0.5, 0.6) is 11.5 Å². The van der Waals surface area contributed by atoms with E-state index in [1.54, 1.807) is 31.5 Å². The maximum Gasteiger partial charge on any atom is 0.267 e. The maximum absolute atomic E-state index is 12.3. The number of nitrogens with one attached hydrogen (secondary N) is 2. The fourth-order valence-electron chi connectivity index (χ4n) is 2.23. The Hall–Kier alpha value is -2.72. The molecule has 0 unspecified atom stereocenters. The van der Waals surface area contributed by atoms with E-state index in [2.05, 4.69) is 10.6 Å². The molecule has 1 heterocycles. The van der Waals surface area contributed by atoms with Crippen LogP contribution >= 0.6 is 0 Å². The predicted molar refractivity (Wildman–Crippen MR) is 86.3 cm³/mol. The summed E-state index contributed by atoms with van der Waals surface area (Å²) in [6.45, 7) is 3.20. The van der Waals surface area contributed by atoms with Crippen molar-refractivity contribution in [1.82, 2.24) is 10.2 Å². The molecule has 1 saturated heterocycles. The van der Waals surface area contributed by atoms with Crippen LogP contribution in [-0.2, 0) is 4.79 Å². The number of ether oxygens (including phenoxy) is 2. The monoisotopic (exact) mass is 316 g/mol. The van der Waals surface area contributed by atoms with Gasteiger partial charge in [0.05, 0.1) is 19.9 Å². The van der Waals surface area contributed by atoms with Crippen LogP contribution in [0, 0.1) is 11.3 Å². The van der Waals surface area contributed by atoms with Crippen LogP contribution in [0.15, 0.2) is 30.0 Å². The highest BCUT2D eigenvalue weighted by Crippen LogP contribution is 2.29. The highest BCUT2D eigenvalue weighted by Gasteiger charge is 2.15. The highest BCUT2D eigenvalue weighted by molar-refractivity contribution is 6.07. The van der Waals surface area contributed by atoms with Gasteiger partial charge in [0, 0.05) is 38.4 Å². The summed E-state index contributed by atoms with van der Waals surface area (Å²) in [5, 5.41) is 15.2. The van der Waals surface area contributed by atoms with Crippen LogP contribution in [0.2, 0.25) is 0 Å². The Labute approximate surface area is 135 Å². The molecular formula is C16H20N4O3. The zero-order valence-electron chi connectivity index (χ0n) is 13.3. The molecule has 0 saturated carbocycles. The number of hydrogen-bond donors (Lipinski definition) is 2. The minimum Gasteiger partial charge on any atom is -0.497 e. The van der Waals surface area contributed by atoms with Crippen molar-refractivity contribution in [2.24, 2.45) is 0 Å². The summed E-state index contributed by atoms with van der Waals surface area (Å²) in [4.78, 5) is 14.3. The Bertz CT molecular complexity index is 631. The smallest absolute Gasteiger partial charge is 0.267 e. The third-order valence-corrected chi connectivity index (χ3v) is 3.48. The summed E-state index contributed by atoms with van der Waals surface area (Å²) < 4.78 is 10.4. The Morgan fingerprint density at radius 1 is 1.35 bits per heavy atom. The van der Waals surface area contributed by atoms with E-state index in [0.717, 1.165) is 26.2 Å². The van der Waals surface area contributed by atoms with Crippen molar-refractivity contribution in [3.05, 3.63) is 30.0 Å². The molecule has 1 aliphatic heterocycles. The zero-order valence-corrected chi connectivity index (χ0v) is 13.3. The Morgan fingerprint density at radius 3 is 2.70 bits per heavy atom. The summed E-state index contributed by atoms with van der Waals surface area (Å²) in [6, 6.07) is 7.03. The quantitative estimate of drug-likeness (QED) is 0.621. The Kier molecular flexibility index (Phi) is 5.83. The van der Waals surface area contributed by atoms with Crippen molar-refractivity contribution in [2.45, 2.75) is 0 Å². The van der Waals surface area contributed by atoms with Crippen molar-refractivity contribution in [1.29, 1.82) is 5.26 Å². The number of methoxy groups -OCH3 is 2. The van der Waals surface area contributed by atoms with Crippen molar-refractivity contribution in [3.63, 3.8) is 0 Å². The second-order valence-electron chi connectivity index (χ2n) is 4.96. The molecule has 0 bridgehead atoms. The van der Waals surface area contributed by atoms with E-state index in [1.807, 2.05) is 11.0 Å². The van der Waals surface area contributed by atoms with Crippen LogP contribution in [-0.4, -0.2) is 51.2 Å². The first kappa shape index (κ1) is 16.6. The van der Waals surface area contributed by atoms with Gasteiger partial charge < -0.3 is 25.0 Å². The first-order chi connectivity index (χ1) is 11.2. The lowest BCUT2D eigenvalue weighted by Crippen LogP contribution is -2.41. The van der Waals surface area contributed by atoms with Gasteiger partial charge in [-0.15, -0.1) is 0 Å². The predicted octanol–water partition coefficient (Wildman–Crippen LogP) is 0.955. The number of nitrogens with zero attached hydrogens (tertiary/aromatic N) is 2. The van der Waals surface area contributed by atoms with E-state index in [9.17, 15) is 10.1 Å². The molecule has 1 aliphatic rings. The number of anilines is 1. The van der Waals surface area contributed by atoms with Gasteiger partial charge in [-0.1, -0.05) is 0 Å². The summed E-state index contributed by atoms with van der Waals surface area (Å²) in [5.74, 6) is 0.613. The SMILES string of the molecule is COc1ccc(OC)c(NC(=O)/C(C#N)=C\N2CCNCC2)c1. The first-order valence-electron chi connectivity index (χ1n) is 7.28.